The normalized spacial score (nSPS) is 31.7. The van der Waals surface area contributed by atoms with Crippen LogP contribution in [0, 0.1) is 5.92 Å². The largest absolute Gasteiger partial charge is 0.389 e. The summed E-state index contributed by atoms with van der Waals surface area (Å²) in [6.07, 6.45) is 5.84. The van der Waals surface area contributed by atoms with Gasteiger partial charge >= 0.3 is 0 Å². The molecule has 0 aliphatic heterocycles. The van der Waals surface area contributed by atoms with Crippen molar-refractivity contribution < 1.29 is 5.11 Å². The van der Waals surface area contributed by atoms with Crippen molar-refractivity contribution in [3.05, 3.63) is 0 Å². The van der Waals surface area contributed by atoms with E-state index in [4.69, 9.17) is 0 Å². The van der Waals surface area contributed by atoms with Gasteiger partial charge in [-0.25, -0.2) is 0 Å². The fourth-order valence-corrected chi connectivity index (χ4v) is 2.38. The van der Waals surface area contributed by atoms with Gasteiger partial charge in [0.05, 0.1) is 5.60 Å². The zero-order valence-electron chi connectivity index (χ0n) is 9.84. The molecule has 2 N–H and O–H groups in total. The Balaban J connectivity index is 2.19. The maximum Gasteiger partial charge on any atom is 0.0743 e. The average molecular weight is 199 g/mol. The van der Waals surface area contributed by atoms with Gasteiger partial charge in [-0.2, -0.15) is 0 Å². The van der Waals surface area contributed by atoms with Crippen LogP contribution < -0.4 is 5.32 Å². The van der Waals surface area contributed by atoms with Crippen LogP contribution in [0.5, 0.6) is 0 Å². The van der Waals surface area contributed by atoms with Gasteiger partial charge in [0.15, 0.2) is 0 Å². The van der Waals surface area contributed by atoms with Gasteiger partial charge in [-0.3, -0.25) is 0 Å². The Hall–Kier alpha value is -0.0800. The highest BCUT2D eigenvalue weighted by Gasteiger charge is 2.24. The number of hydrogen-bond donors (Lipinski definition) is 2. The fourth-order valence-electron chi connectivity index (χ4n) is 2.38. The second-order valence-electron chi connectivity index (χ2n) is 5.24. The molecule has 84 valence electrons. The number of rotatable bonds is 5. The van der Waals surface area contributed by atoms with Gasteiger partial charge in [-0.1, -0.05) is 20.3 Å². The molecule has 0 aromatic heterocycles. The molecule has 1 aliphatic carbocycles. The smallest absolute Gasteiger partial charge is 0.0743 e. The molecule has 3 atom stereocenters. The molecule has 0 spiro atoms. The Kier molecular flexibility index (Phi) is 4.39. The standard InChI is InChI=1S/C12H25NO/c1-4-7-12(3,14)9-13-11-6-5-10(2)8-11/h10-11,13-14H,4-9H2,1-3H3. The van der Waals surface area contributed by atoms with Crippen molar-refractivity contribution in [1.82, 2.24) is 5.32 Å². The Morgan fingerprint density at radius 1 is 1.43 bits per heavy atom. The van der Waals surface area contributed by atoms with Crippen LogP contribution in [0.2, 0.25) is 0 Å². The van der Waals surface area contributed by atoms with Gasteiger partial charge in [0.25, 0.3) is 0 Å². The van der Waals surface area contributed by atoms with Crippen LogP contribution in [0.25, 0.3) is 0 Å². The topological polar surface area (TPSA) is 32.3 Å². The van der Waals surface area contributed by atoms with Crippen LogP contribution in [-0.4, -0.2) is 23.3 Å². The lowest BCUT2D eigenvalue weighted by atomic mass is 10.0. The summed E-state index contributed by atoms with van der Waals surface area (Å²) in [6, 6.07) is 0.647. The van der Waals surface area contributed by atoms with E-state index >= 15 is 0 Å². The second-order valence-corrected chi connectivity index (χ2v) is 5.24. The lowest BCUT2D eigenvalue weighted by molar-refractivity contribution is 0.0472. The quantitative estimate of drug-likeness (QED) is 0.712. The molecule has 1 saturated carbocycles. The first-order valence-corrected chi connectivity index (χ1v) is 5.99. The first-order chi connectivity index (χ1) is 6.53. The van der Waals surface area contributed by atoms with Crippen molar-refractivity contribution in [3.63, 3.8) is 0 Å². The van der Waals surface area contributed by atoms with E-state index < -0.39 is 5.60 Å². The van der Waals surface area contributed by atoms with E-state index in [0.717, 1.165) is 25.3 Å². The number of nitrogens with one attached hydrogen (secondary N) is 1. The Bertz CT molecular complexity index is 168. The molecule has 0 saturated heterocycles. The molecule has 1 rings (SSSR count). The highest BCUT2D eigenvalue weighted by molar-refractivity contribution is 4.82. The van der Waals surface area contributed by atoms with Crippen LogP contribution in [0.3, 0.4) is 0 Å². The molecule has 1 aliphatic rings. The fraction of sp³-hybridized carbons (Fsp3) is 1.00. The van der Waals surface area contributed by atoms with Gasteiger partial charge < -0.3 is 10.4 Å². The van der Waals surface area contributed by atoms with Crippen molar-refractivity contribution >= 4 is 0 Å². The van der Waals surface area contributed by atoms with E-state index in [1.54, 1.807) is 0 Å². The van der Waals surface area contributed by atoms with Crippen molar-refractivity contribution in [2.24, 2.45) is 5.92 Å². The lowest BCUT2D eigenvalue weighted by Gasteiger charge is -2.25. The van der Waals surface area contributed by atoms with Gasteiger partial charge in [0, 0.05) is 12.6 Å². The predicted octanol–water partition coefficient (Wildman–Crippen LogP) is 2.32. The Morgan fingerprint density at radius 2 is 2.14 bits per heavy atom. The third kappa shape index (κ3) is 3.97. The summed E-state index contributed by atoms with van der Waals surface area (Å²) >= 11 is 0. The molecule has 0 radical (unpaired) electrons. The van der Waals surface area contributed by atoms with Crippen LogP contribution in [0.4, 0.5) is 0 Å². The molecule has 0 heterocycles. The minimum atomic E-state index is -0.513. The van der Waals surface area contributed by atoms with Crippen molar-refractivity contribution in [3.8, 4) is 0 Å². The third-order valence-corrected chi connectivity index (χ3v) is 3.25. The van der Waals surface area contributed by atoms with Gasteiger partial charge in [-0.05, 0) is 38.5 Å². The first-order valence-electron chi connectivity index (χ1n) is 5.99. The summed E-state index contributed by atoms with van der Waals surface area (Å²) in [4.78, 5) is 0. The monoisotopic (exact) mass is 199 g/mol. The maximum absolute atomic E-state index is 9.98. The highest BCUT2D eigenvalue weighted by Crippen LogP contribution is 2.25. The van der Waals surface area contributed by atoms with Crippen LogP contribution >= 0.6 is 0 Å². The number of hydrogen-bond acceptors (Lipinski definition) is 2. The van der Waals surface area contributed by atoms with E-state index in [9.17, 15) is 5.11 Å². The van der Waals surface area contributed by atoms with Crippen LogP contribution in [0.1, 0.15) is 52.9 Å². The SMILES string of the molecule is CCCC(C)(O)CNC1CCC(C)C1. The third-order valence-electron chi connectivity index (χ3n) is 3.25. The van der Waals surface area contributed by atoms with Gasteiger partial charge in [0.1, 0.15) is 0 Å². The van der Waals surface area contributed by atoms with Crippen molar-refractivity contribution in [2.75, 3.05) is 6.54 Å². The van der Waals surface area contributed by atoms with E-state index in [-0.39, 0.29) is 0 Å². The van der Waals surface area contributed by atoms with Crippen molar-refractivity contribution in [1.29, 1.82) is 0 Å². The lowest BCUT2D eigenvalue weighted by Crippen LogP contribution is -2.41. The second kappa shape index (κ2) is 5.13. The predicted molar refractivity (Wildman–Crippen MR) is 60.3 cm³/mol. The molecular formula is C12H25NO. The summed E-state index contributed by atoms with van der Waals surface area (Å²) in [6.45, 7) is 7.11. The molecule has 1 fully saturated rings. The summed E-state index contributed by atoms with van der Waals surface area (Å²) < 4.78 is 0. The molecule has 0 aromatic carbocycles. The summed E-state index contributed by atoms with van der Waals surface area (Å²) in [5.41, 5.74) is -0.513. The maximum atomic E-state index is 9.98. The highest BCUT2D eigenvalue weighted by atomic mass is 16.3. The minimum Gasteiger partial charge on any atom is -0.389 e. The van der Waals surface area contributed by atoms with Crippen molar-refractivity contribution in [2.45, 2.75) is 64.5 Å². The molecule has 3 unspecified atom stereocenters. The number of aliphatic hydroxyl groups is 1. The zero-order chi connectivity index (χ0) is 10.6. The molecular weight excluding hydrogens is 174 g/mol. The van der Waals surface area contributed by atoms with E-state index in [1.807, 2.05) is 6.92 Å². The summed E-state index contributed by atoms with van der Waals surface area (Å²) in [5.74, 6) is 0.864. The molecule has 0 aromatic rings. The Labute approximate surface area is 88.1 Å². The average Bonchev–Trinajstić information content (AvgIpc) is 2.48. The molecule has 0 amide bonds. The van der Waals surface area contributed by atoms with Gasteiger partial charge in [-0.15, -0.1) is 0 Å². The molecule has 2 nitrogen and oxygen atoms in total. The van der Waals surface area contributed by atoms with E-state index in [1.165, 1.54) is 19.3 Å². The first kappa shape index (κ1) is 12.0. The summed E-state index contributed by atoms with van der Waals surface area (Å²) in [5, 5.41) is 13.5. The minimum absolute atomic E-state index is 0.513. The van der Waals surface area contributed by atoms with E-state index in [2.05, 4.69) is 19.2 Å². The van der Waals surface area contributed by atoms with Crippen LogP contribution in [-0.2, 0) is 0 Å². The molecule has 14 heavy (non-hydrogen) atoms. The molecule has 0 bridgehead atoms. The molecule has 2 heteroatoms. The summed E-state index contributed by atoms with van der Waals surface area (Å²) in [7, 11) is 0. The van der Waals surface area contributed by atoms with E-state index in [0.29, 0.717) is 6.04 Å². The zero-order valence-corrected chi connectivity index (χ0v) is 9.84. The Morgan fingerprint density at radius 3 is 2.64 bits per heavy atom. The van der Waals surface area contributed by atoms with Gasteiger partial charge in [0.2, 0.25) is 0 Å². The van der Waals surface area contributed by atoms with Crippen LogP contribution in [0.15, 0.2) is 0 Å².